The molecule has 30 heavy (non-hydrogen) atoms. The molecule has 3 aromatic heterocycles. The van der Waals surface area contributed by atoms with Crippen molar-refractivity contribution in [2.75, 3.05) is 19.0 Å². The number of halogens is 2. The fraction of sp³-hybridized carbons (Fsp3) is 0.316. The molecular formula is C19H19F2N7O2. The van der Waals surface area contributed by atoms with Crippen LogP contribution in [0.5, 0.6) is 0 Å². The Morgan fingerprint density at radius 1 is 1.40 bits per heavy atom. The third-order valence-corrected chi connectivity index (χ3v) is 4.22. The number of aromatic nitrogens is 6. The van der Waals surface area contributed by atoms with Crippen LogP contribution in [0.1, 0.15) is 35.4 Å². The van der Waals surface area contributed by atoms with Gasteiger partial charge in [0.05, 0.1) is 24.8 Å². The lowest BCUT2D eigenvalue weighted by Gasteiger charge is -2.10. The molecular weight excluding hydrogens is 396 g/mol. The van der Waals surface area contributed by atoms with Crippen molar-refractivity contribution in [2.24, 2.45) is 0 Å². The standard InChI is InChI=1S/C19H19F2N7O2/c1-4-12(2)28-11-22-25-18(28)14-6-5-7-15(23-14)24-19(29)13-10-27(8-9-30-3)26-16(13)17(20)21/h1,5-7,10-12,17H,8-9H2,2-3H3,(H,23,24,29)/t12-/m0/s1. The van der Waals surface area contributed by atoms with Crippen LogP contribution in [0.25, 0.3) is 11.5 Å². The van der Waals surface area contributed by atoms with Crippen molar-refractivity contribution in [3.8, 4) is 23.9 Å². The van der Waals surface area contributed by atoms with E-state index in [1.165, 1.54) is 30.4 Å². The Morgan fingerprint density at radius 2 is 2.20 bits per heavy atom. The third-order valence-electron chi connectivity index (χ3n) is 4.22. The first-order valence-corrected chi connectivity index (χ1v) is 8.93. The van der Waals surface area contributed by atoms with Gasteiger partial charge in [-0.15, -0.1) is 16.6 Å². The van der Waals surface area contributed by atoms with Crippen molar-refractivity contribution in [3.05, 3.63) is 42.0 Å². The van der Waals surface area contributed by atoms with Gasteiger partial charge in [-0.05, 0) is 19.1 Å². The van der Waals surface area contributed by atoms with E-state index >= 15 is 0 Å². The summed E-state index contributed by atoms with van der Waals surface area (Å²) in [5.41, 5.74) is -0.433. The lowest BCUT2D eigenvalue weighted by atomic mass is 10.2. The Morgan fingerprint density at radius 3 is 2.90 bits per heavy atom. The normalized spacial score (nSPS) is 12.0. The molecule has 0 saturated carbocycles. The number of pyridine rings is 1. The fourth-order valence-electron chi connectivity index (χ4n) is 2.67. The van der Waals surface area contributed by atoms with Crippen molar-refractivity contribution in [1.82, 2.24) is 29.5 Å². The number of carbonyl (C=O) groups is 1. The summed E-state index contributed by atoms with van der Waals surface area (Å²) in [6.45, 7) is 2.30. The number of amides is 1. The van der Waals surface area contributed by atoms with Gasteiger partial charge >= 0.3 is 0 Å². The maximum atomic E-state index is 13.3. The molecule has 1 N–H and O–H groups in total. The molecule has 0 aromatic carbocycles. The van der Waals surface area contributed by atoms with E-state index in [0.717, 1.165) is 0 Å². The largest absolute Gasteiger partial charge is 0.383 e. The van der Waals surface area contributed by atoms with Crippen molar-refractivity contribution in [2.45, 2.75) is 25.9 Å². The van der Waals surface area contributed by atoms with Gasteiger partial charge in [-0.2, -0.15) is 5.10 Å². The molecule has 0 unspecified atom stereocenters. The van der Waals surface area contributed by atoms with Crippen molar-refractivity contribution in [1.29, 1.82) is 0 Å². The third kappa shape index (κ3) is 4.49. The summed E-state index contributed by atoms with van der Waals surface area (Å²) in [5.74, 6) is 2.39. The number of carbonyl (C=O) groups excluding carboxylic acids is 1. The molecule has 3 heterocycles. The average molecular weight is 415 g/mol. The van der Waals surface area contributed by atoms with Gasteiger partial charge < -0.3 is 10.1 Å². The molecule has 0 radical (unpaired) electrons. The first kappa shape index (κ1) is 21.1. The van der Waals surface area contributed by atoms with E-state index in [4.69, 9.17) is 11.2 Å². The first-order chi connectivity index (χ1) is 14.4. The number of rotatable bonds is 8. The number of nitrogens with zero attached hydrogens (tertiary/aromatic N) is 6. The summed E-state index contributed by atoms with van der Waals surface area (Å²) in [6, 6.07) is 4.55. The average Bonchev–Trinajstić information content (AvgIpc) is 3.39. The lowest BCUT2D eigenvalue weighted by molar-refractivity contribution is 0.101. The van der Waals surface area contributed by atoms with Gasteiger partial charge in [0.15, 0.2) is 5.82 Å². The molecule has 9 nitrogen and oxygen atoms in total. The highest BCUT2D eigenvalue weighted by atomic mass is 19.3. The van der Waals surface area contributed by atoms with Gasteiger partial charge in [-0.25, -0.2) is 13.8 Å². The number of methoxy groups -OCH3 is 1. The summed E-state index contributed by atoms with van der Waals surface area (Å²) >= 11 is 0. The van der Waals surface area contributed by atoms with Crippen molar-refractivity contribution < 1.29 is 18.3 Å². The zero-order chi connectivity index (χ0) is 21.7. The quantitative estimate of drug-likeness (QED) is 0.568. The topological polar surface area (TPSA) is 99.8 Å². The van der Waals surface area contributed by atoms with Crippen LogP contribution in [-0.2, 0) is 11.3 Å². The molecule has 1 amide bonds. The minimum Gasteiger partial charge on any atom is -0.383 e. The highest BCUT2D eigenvalue weighted by Gasteiger charge is 2.24. The summed E-state index contributed by atoms with van der Waals surface area (Å²) < 4.78 is 34.5. The van der Waals surface area contributed by atoms with Crippen LogP contribution in [0.2, 0.25) is 0 Å². The highest BCUT2D eigenvalue weighted by molar-refractivity contribution is 6.04. The van der Waals surface area contributed by atoms with E-state index in [2.05, 4.69) is 31.5 Å². The maximum Gasteiger partial charge on any atom is 0.282 e. The van der Waals surface area contributed by atoms with Crippen molar-refractivity contribution >= 4 is 11.7 Å². The number of terminal acetylenes is 1. The van der Waals surface area contributed by atoms with Gasteiger partial charge in [0.25, 0.3) is 12.3 Å². The minimum atomic E-state index is -2.90. The van der Waals surface area contributed by atoms with E-state index in [-0.39, 0.29) is 30.6 Å². The molecule has 0 aliphatic rings. The molecule has 0 fully saturated rings. The Hall–Kier alpha value is -3.65. The van der Waals surface area contributed by atoms with Crippen LogP contribution in [0.3, 0.4) is 0 Å². The SMILES string of the molecule is C#C[C@H](C)n1cnnc1-c1cccc(NC(=O)c2cn(CCOC)nc2C(F)F)n1. The maximum absolute atomic E-state index is 13.3. The predicted molar refractivity (Wildman–Crippen MR) is 104 cm³/mol. The summed E-state index contributed by atoms with van der Waals surface area (Å²) in [6.07, 6.45) is 5.29. The molecule has 0 spiro atoms. The zero-order valence-electron chi connectivity index (χ0n) is 16.3. The van der Waals surface area contributed by atoms with Crippen molar-refractivity contribution in [3.63, 3.8) is 0 Å². The molecule has 11 heteroatoms. The van der Waals surface area contributed by atoms with Crippen LogP contribution in [-0.4, -0.2) is 49.2 Å². The Kier molecular flexibility index (Phi) is 6.48. The Bertz CT molecular complexity index is 1070. The van der Waals surface area contributed by atoms with E-state index < -0.39 is 18.0 Å². The van der Waals surface area contributed by atoms with Gasteiger partial charge in [0.2, 0.25) is 0 Å². The predicted octanol–water partition coefficient (Wildman–Crippen LogP) is 2.57. The molecule has 156 valence electrons. The Labute approximate surface area is 171 Å². The number of nitrogens with one attached hydrogen (secondary N) is 1. The number of ether oxygens (including phenoxy) is 1. The van der Waals surface area contributed by atoms with Gasteiger partial charge in [-0.3, -0.25) is 14.0 Å². The van der Waals surface area contributed by atoms with E-state index in [1.54, 1.807) is 23.6 Å². The molecule has 3 aromatic rings. The molecule has 0 bridgehead atoms. The van der Waals surface area contributed by atoms with Gasteiger partial charge in [0.1, 0.15) is 23.5 Å². The molecule has 3 rings (SSSR count). The van der Waals surface area contributed by atoms with Gasteiger partial charge in [-0.1, -0.05) is 12.0 Å². The summed E-state index contributed by atoms with van der Waals surface area (Å²) in [4.78, 5) is 16.9. The number of anilines is 1. The smallest absolute Gasteiger partial charge is 0.282 e. The summed E-state index contributed by atoms with van der Waals surface area (Å²) in [7, 11) is 1.48. The zero-order valence-corrected chi connectivity index (χ0v) is 16.3. The van der Waals surface area contributed by atoms with E-state index in [0.29, 0.717) is 11.5 Å². The lowest BCUT2D eigenvalue weighted by Crippen LogP contribution is -2.15. The molecule has 0 aliphatic carbocycles. The van der Waals surface area contributed by atoms with Crippen LogP contribution in [0.4, 0.5) is 14.6 Å². The van der Waals surface area contributed by atoms with E-state index in [9.17, 15) is 13.6 Å². The number of hydrogen-bond acceptors (Lipinski definition) is 6. The molecule has 1 atom stereocenters. The number of alkyl halides is 2. The van der Waals surface area contributed by atoms with E-state index in [1.807, 2.05) is 0 Å². The highest BCUT2D eigenvalue weighted by Crippen LogP contribution is 2.23. The number of hydrogen-bond donors (Lipinski definition) is 1. The molecule has 0 aliphatic heterocycles. The van der Waals surface area contributed by atoms with Crippen LogP contribution in [0, 0.1) is 12.3 Å². The molecule has 0 saturated heterocycles. The Balaban J connectivity index is 1.85. The fourth-order valence-corrected chi connectivity index (χ4v) is 2.67. The minimum absolute atomic E-state index is 0.158. The monoisotopic (exact) mass is 415 g/mol. The second-order valence-corrected chi connectivity index (χ2v) is 6.25. The van der Waals surface area contributed by atoms with Crippen LogP contribution >= 0.6 is 0 Å². The first-order valence-electron chi connectivity index (χ1n) is 8.93. The second kappa shape index (κ2) is 9.23. The summed E-state index contributed by atoms with van der Waals surface area (Å²) in [5, 5.41) is 14.2. The van der Waals surface area contributed by atoms with Crippen LogP contribution in [0.15, 0.2) is 30.7 Å². The second-order valence-electron chi connectivity index (χ2n) is 6.25. The van der Waals surface area contributed by atoms with Crippen LogP contribution < -0.4 is 5.32 Å². The van der Waals surface area contributed by atoms with Gasteiger partial charge in [0, 0.05) is 13.3 Å².